The number of hydrogen-bond donors (Lipinski definition) is 0. The third-order valence-corrected chi connectivity index (χ3v) is 4.64. The van der Waals surface area contributed by atoms with Crippen molar-refractivity contribution in [2.45, 2.75) is 0 Å². The molecule has 3 heteroatoms. The summed E-state index contributed by atoms with van der Waals surface area (Å²) in [5.41, 5.74) is 5.80. The molecule has 0 amide bonds. The van der Waals surface area contributed by atoms with Crippen LogP contribution in [0.5, 0.6) is 0 Å². The molecule has 1 aliphatic carbocycles. The molecular formula is C24H19NO2. The van der Waals surface area contributed by atoms with E-state index in [9.17, 15) is 4.79 Å². The minimum Gasteiger partial charge on any atom is -0.380 e. The number of ether oxygens (including phenoxy) is 1. The van der Waals surface area contributed by atoms with Crippen molar-refractivity contribution in [3.8, 4) is 0 Å². The van der Waals surface area contributed by atoms with E-state index in [1.54, 1.807) is 13.3 Å². The predicted molar refractivity (Wildman–Crippen MR) is 108 cm³/mol. The number of allylic oxidation sites excluding steroid dienone is 3. The first-order valence-electron chi connectivity index (χ1n) is 8.85. The first-order valence-corrected chi connectivity index (χ1v) is 8.85. The molecule has 27 heavy (non-hydrogen) atoms. The Morgan fingerprint density at radius 3 is 1.89 bits per heavy atom. The molecule has 0 fully saturated rings. The maximum atomic E-state index is 13.4. The highest BCUT2D eigenvalue weighted by Crippen LogP contribution is 2.45. The Kier molecular flexibility index (Phi) is 4.77. The van der Waals surface area contributed by atoms with E-state index in [2.05, 4.69) is 4.98 Å². The second-order valence-electron chi connectivity index (χ2n) is 6.31. The van der Waals surface area contributed by atoms with Crippen molar-refractivity contribution < 1.29 is 9.53 Å². The van der Waals surface area contributed by atoms with Gasteiger partial charge in [0.25, 0.3) is 0 Å². The second-order valence-corrected chi connectivity index (χ2v) is 6.31. The first-order chi connectivity index (χ1) is 13.3. The number of carbonyl (C=O) groups excluding carboxylic acids is 1. The van der Waals surface area contributed by atoms with Crippen LogP contribution in [0.4, 0.5) is 0 Å². The molecule has 132 valence electrons. The van der Waals surface area contributed by atoms with Gasteiger partial charge in [-0.15, -0.1) is 0 Å². The molecule has 0 bridgehead atoms. The summed E-state index contributed by atoms with van der Waals surface area (Å²) in [6, 6.07) is 25.6. The van der Waals surface area contributed by atoms with Crippen molar-refractivity contribution in [3.05, 3.63) is 107 Å². The van der Waals surface area contributed by atoms with E-state index in [1.807, 2.05) is 78.9 Å². The number of hydrogen-bond acceptors (Lipinski definition) is 3. The molecule has 1 aliphatic rings. The normalized spacial score (nSPS) is 14.2. The van der Waals surface area contributed by atoms with Gasteiger partial charge in [-0.25, -0.2) is 0 Å². The van der Waals surface area contributed by atoms with E-state index < -0.39 is 0 Å². The van der Waals surface area contributed by atoms with Gasteiger partial charge in [-0.05, 0) is 23.3 Å². The summed E-state index contributed by atoms with van der Waals surface area (Å²) >= 11 is 0. The molecule has 1 heterocycles. The second kappa shape index (κ2) is 7.52. The average Bonchev–Trinajstić information content (AvgIpc) is 3.03. The summed E-state index contributed by atoms with van der Waals surface area (Å²) in [6.45, 7) is 0.247. The van der Waals surface area contributed by atoms with Gasteiger partial charge in [0, 0.05) is 35.6 Å². The number of pyridine rings is 1. The highest BCUT2D eigenvalue weighted by Gasteiger charge is 2.34. The summed E-state index contributed by atoms with van der Waals surface area (Å²) in [5.74, 6) is 0.00237. The van der Waals surface area contributed by atoms with Crippen LogP contribution in [0.15, 0.2) is 90.6 Å². The fourth-order valence-corrected chi connectivity index (χ4v) is 3.50. The van der Waals surface area contributed by atoms with Gasteiger partial charge in [-0.3, -0.25) is 9.78 Å². The molecule has 0 atom stereocenters. The van der Waals surface area contributed by atoms with Crippen molar-refractivity contribution in [2.24, 2.45) is 0 Å². The maximum absolute atomic E-state index is 13.4. The van der Waals surface area contributed by atoms with Gasteiger partial charge in [0.05, 0.1) is 12.3 Å². The summed E-state index contributed by atoms with van der Waals surface area (Å²) < 4.78 is 5.38. The van der Waals surface area contributed by atoms with Gasteiger partial charge in [-0.2, -0.15) is 0 Å². The quantitative estimate of drug-likeness (QED) is 0.669. The molecule has 2 aromatic carbocycles. The number of aromatic nitrogens is 1. The first kappa shape index (κ1) is 17.1. The monoisotopic (exact) mass is 353 g/mol. The Balaban J connectivity index is 2.04. The summed E-state index contributed by atoms with van der Waals surface area (Å²) in [4.78, 5) is 18.0. The lowest BCUT2D eigenvalue weighted by Crippen LogP contribution is -2.07. The number of methoxy groups -OCH3 is 1. The summed E-state index contributed by atoms with van der Waals surface area (Å²) in [5, 5.41) is 0. The highest BCUT2D eigenvalue weighted by molar-refractivity contribution is 6.47. The van der Waals surface area contributed by atoms with Crippen molar-refractivity contribution in [3.63, 3.8) is 0 Å². The van der Waals surface area contributed by atoms with Crippen LogP contribution < -0.4 is 0 Å². The SMILES string of the molecule is COCC1=C(c2ccccn2)C(c2ccccc2)=C(c2ccccc2)C1=O. The molecule has 0 unspecified atom stereocenters. The number of nitrogens with zero attached hydrogens (tertiary/aromatic N) is 1. The molecular weight excluding hydrogens is 334 g/mol. The third kappa shape index (κ3) is 3.14. The Hall–Kier alpha value is -3.30. The Labute approximate surface area is 158 Å². The standard InChI is InChI=1S/C24H19NO2/c1-27-16-19-23(20-14-8-9-15-25-20)21(17-10-4-2-5-11-17)22(24(19)26)18-12-6-3-7-13-18/h2-15H,16H2,1H3. The number of carbonyl (C=O) groups is 1. The van der Waals surface area contributed by atoms with Crippen molar-refractivity contribution in [1.29, 1.82) is 0 Å². The van der Waals surface area contributed by atoms with Crippen LogP contribution in [-0.4, -0.2) is 24.5 Å². The largest absolute Gasteiger partial charge is 0.380 e. The topological polar surface area (TPSA) is 39.2 Å². The number of rotatable bonds is 5. The molecule has 0 spiro atoms. The van der Waals surface area contributed by atoms with E-state index in [-0.39, 0.29) is 12.4 Å². The Morgan fingerprint density at radius 2 is 1.33 bits per heavy atom. The maximum Gasteiger partial charge on any atom is 0.193 e. The zero-order valence-electron chi connectivity index (χ0n) is 15.1. The van der Waals surface area contributed by atoms with Crippen LogP contribution in [0.25, 0.3) is 16.7 Å². The van der Waals surface area contributed by atoms with Gasteiger partial charge >= 0.3 is 0 Å². The van der Waals surface area contributed by atoms with Crippen LogP contribution in [-0.2, 0) is 9.53 Å². The molecule has 0 saturated carbocycles. The van der Waals surface area contributed by atoms with Gasteiger partial charge in [0.2, 0.25) is 0 Å². The molecule has 3 aromatic rings. The number of benzene rings is 2. The van der Waals surface area contributed by atoms with Crippen LogP contribution in [0.3, 0.4) is 0 Å². The van der Waals surface area contributed by atoms with Crippen molar-refractivity contribution >= 4 is 22.5 Å². The smallest absolute Gasteiger partial charge is 0.193 e. The Morgan fingerprint density at radius 1 is 0.741 bits per heavy atom. The fourth-order valence-electron chi connectivity index (χ4n) is 3.50. The minimum absolute atomic E-state index is 0.00237. The van der Waals surface area contributed by atoms with Crippen molar-refractivity contribution in [2.75, 3.05) is 13.7 Å². The molecule has 4 rings (SSSR count). The van der Waals surface area contributed by atoms with Gasteiger partial charge in [-0.1, -0.05) is 66.7 Å². The van der Waals surface area contributed by atoms with Gasteiger partial charge in [0.15, 0.2) is 5.78 Å². The molecule has 0 saturated heterocycles. The van der Waals surface area contributed by atoms with E-state index in [0.717, 1.165) is 28.0 Å². The van der Waals surface area contributed by atoms with Crippen molar-refractivity contribution in [1.82, 2.24) is 4.98 Å². The lowest BCUT2D eigenvalue weighted by Gasteiger charge is -2.12. The van der Waals surface area contributed by atoms with E-state index in [4.69, 9.17) is 4.74 Å². The lowest BCUT2D eigenvalue weighted by molar-refractivity contribution is -0.110. The van der Waals surface area contributed by atoms with Crippen LogP contribution in [0, 0.1) is 0 Å². The lowest BCUT2D eigenvalue weighted by atomic mass is 9.92. The highest BCUT2D eigenvalue weighted by atomic mass is 16.5. The average molecular weight is 353 g/mol. The molecule has 0 radical (unpaired) electrons. The number of ketones is 1. The van der Waals surface area contributed by atoms with E-state index in [0.29, 0.717) is 11.1 Å². The zero-order valence-corrected chi connectivity index (χ0v) is 15.1. The zero-order chi connectivity index (χ0) is 18.6. The minimum atomic E-state index is 0.00237. The molecule has 0 N–H and O–H groups in total. The summed E-state index contributed by atoms with van der Waals surface area (Å²) in [7, 11) is 1.61. The molecule has 3 nitrogen and oxygen atoms in total. The van der Waals surface area contributed by atoms with E-state index in [1.165, 1.54) is 0 Å². The third-order valence-electron chi connectivity index (χ3n) is 4.64. The molecule has 0 aliphatic heterocycles. The van der Waals surface area contributed by atoms with Crippen LogP contribution >= 0.6 is 0 Å². The van der Waals surface area contributed by atoms with Gasteiger partial charge in [0.1, 0.15) is 0 Å². The Bertz CT molecular complexity index is 1020. The fraction of sp³-hybridized carbons (Fsp3) is 0.0833. The molecule has 1 aromatic heterocycles. The predicted octanol–water partition coefficient (Wildman–Crippen LogP) is 4.68. The van der Waals surface area contributed by atoms with Gasteiger partial charge < -0.3 is 4.74 Å². The van der Waals surface area contributed by atoms with Crippen LogP contribution in [0.1, 0.15) is 16.8 Å². The number of Topliss-reactive ketones (excluding diaryl/α,β-unsaturated/α-hetero) is 1. The van der Waals surface area contributed by atoms with E-state index >= 15 is 0 Å². The summed E-state index contributed by atoms with van der Waals surface area (Å²) in [6.07, 6.45) is 1.75. The van der Waals surface area contributed by atoms with Crippen LogP contribution in [0.2, 0.25) is 0 Å².